The summed E-state index contributed by atoms with van der Waals surface area (Å²) in [6.45, 7) is 3.22. The van der Waals surface area contributed by atoms with E-state index in [0.717, 1.165) is 5.56 Å². The third kappa shape index (κ3) is 8.04. The second kappa shape index (κ2) is 13.9. The van der Waals surface area contributed by atoms with Crippen molar-refractivity contribution in [1.82, 2.24) is 36.3 Å². The number of carbonyl (C=O) groups is 4. The van der Waals surface area contributed by atoms with Crippen molar-refractivity contribution >= 4 is 35.2 Å². The number of hydrogen-bond acceptors (Lipinski definition) is 8. The lowest BCUT2D eigenvalue weighted by Crippen LogP contribution is -2.59. The quantitative estimate of drug-likeness (QED) is 0.287. The zero-order chi connectivity index (χ0) is 30.2. The van der Waals surface area contributed by atoms with Crippen molar-refractivity contribution in [2.24, 2.45) is 0 Å². The van der Waals surface area contributed by atoms with E-state index in [1.165, 1.54) is 30.7 Å². The molecular weight excluding hydrogens is 566 g/mol. The third-order valence-electron chi connectivity index (χ3n) is 6.51. The predicted molar refractivity (Wildman–Crippen MR) is 151 cm³/mol. The molecule has 1 aromatic heterocycles. The van der Waals surface area contributed by atoms with Gasteiger partial charge in [0.05, 0.1) is 31.0 Å². The molecule has 3 aromatic rings. The highest BCUT2D eigenvalue weighted by Gasteiger charge is 2.32. The van der Waals surface area contributed by atoms with E-state index in [1.54, 1.807) is 12.3 Å². The average molecular weight is 598 g/mol. The van der Waals surface area contributed by atoms with E-state index in [1.807, 2.05) is 30.3 Å². The van der Waals surface area contributed by atoms with Crippen molar-refractivity contribution in [3.8, 4) is 5.75 Å². The van der Waals surface area contributed by atoms with E-state index in [4.69, 9.17) is 16.3 Å². The Morgan fingerprint density at radius 1 is 1.05 bits per heavy atom. The highest BCUT2D eigenvalue weighted by Crippen LogP contribution is 2.23. The fourth-order valence-electron chi connectivity index (χ4n) is 4.23. The predicted octanol–water partition coefficient (Wildman–Crippen LogP) is 0.352. The maximum Gasteiger partial charge on any atom is 0.255 e. The smallest absolute Gasteiger partial charge is 0.255 e. The zero-order valence-electron chi connectivity index (χ0n) is 23.0. The molecule has 13 nitrogen and oxygen atoms in total. The van der Waals surface area contributed by atoms with Gasteiger partial charge in [0.2, 0.25) is 17.7 Å². The van der Waals surface area contributed by atoms with Crippen LogP contribution >= 0.6 is 11.6 Å². The first-order valence-corrected chi connectivity index (χ1v) is 13.7. The van der Waals surface area contributed by atoms with E-state index in [2.05, 4.69) is 31.6 Å². The van der Waals surface area contributed by atoms with Crippen LogP contribution in [0, 0.1) is 0 Å². The standard InChI is InChI=1S/C28H32ClN7O6/c1-16-25(38)33-24(17(2)37)28(41)32-22(12-18-6-4-3-5-7-18)27(40)30-14-20-15-36(35-34-20)10-11-42-23-9-8-19(29)13-21(23)26(39)31-16/h3-9,13,15-17,22,24,37H,10-12,14H2,1-2H3,(H,30,40)(H,31,39)(H,32,41)(H,33,38)/t16-,17+,22+,24-/m0/s1. The molecule has 0 unspecified atom stereocenters. The first-order chi connectivity index (χ1) is 20.1. The minimum Gasteiger partial charge on any atom is -0.491 e. The van der Waals surface area contributed by atoms with Crippen molar-refractivity contribution < 1.29 is 29.0 Å². The SMILES string of the molecule is C[C@@H]1NC(=O)c2cc(Cl)ccc2OCCn2cc(nn2)CNC(=O)[C@@H](Cc2ccccc2)NC(=O)[C@H]([C@@H](C)O)NC1=O. The van der Waals surface area contributed by atoms with Crippen LogP contribution in [0.3, 0.4) is 0 Å². The molecular formula is C28H32ClN7O6. The van der Waals surface area contributed by atoms with Gasteiger partial charge in [-0.3, -0.25) is 19.2 Å². The number of nitrogens with one attached hydrogen (secondary N) is 4. The summed E-state index contributed by atoms with van der Waals surface area (Å²) in [4.78, 5) is 52.6. The van der Waals surface area contributed by atoms with Gasteiger partial charge in [-0.1, -0.05) is 47.1 Å². The number of aliphatic hydroxyl groups is 1. The monoisotopic (exact) mass is 597 g/mol. The van der Waals surface area contributed by atoms with Crippen LogP contribution in [0.2, 0.25) is 5.02 Å². The van der Waals surface area contributed by atoms with Gasteiger partial charge in [-0.25, -0.2) is 4.68 Å². The number of aromatic nitrogens is 3. The number of fused-ring (bicyclic) bond motifs is 3. The molecule has 2 aromatic carbocycles. The second-order valence-electron chi connectivity index (χ2n) is 9.85. The minimum atomic E-state index is -1.42. The molecule has 14 heteroatoms. The maximum atomic E-state index is 13.3. The van der Waals surface area contributed by atoms with Crippen LogP contribution in [0.15, 0.2) is 54.7 Å². The van der Waals surface area contributed by atoms with Gasteiger partial charge in [0.1, 0.15) is 36.2 Å². The Bertz CT molecular complexity index is 1430. The van der Waals surface area contributed by atoms with Gasteiger partial charge >= 0.3 is 0 Å². The highest BCUT2D eigenvalue weighted by molar-refractivity contribution is 6.31. The number of amides is 4. The van der Waals surface area contributed by atoms with Crippen LogP contribution < -0.4 is 26.0 Å². The summed E-state index contributed by atoms with van der Waals surface area (Å²) in [7, 11) is 0. The maximum absolute atomic E-state index is 13.3. The fourth-order valence-corrected chi connectivity index (χ4v) is 4.40. The van der Waals surface area contributed by atoms with E-state index in [-0.39, 0.29) is 42.5 Å². The van der Waals surface area contributed by atoms with Crippen molar-refractivity contribution in [2.45, 2.75) is 57.6 Å². The van der Waals surface area contributed by atoms with Crippen molar-refractivity contribution in [1.29, 1.82) is 0 Å². The van der Waals surface area contributed by atoms with Crippen LogP contribution in [0.4, 0.5) is 0 Å². The molecule has 222 valence electrons. The lowest BCUT2D eigenvalue weighted by Gasteiger charge is -2.26. The molecule has 0 saturated heterocycles. The Morgan fingerprint density at radius 3 is 2.55 bits per heavy atom. The first-order valence-electron chi connectivity index (χ1n) is 13.3. The van der Waals surface area contributed by atoms with Gasteiger partial charge in [0.25, 0.3) is 5.91 Å². The molecule has 0 spiro atoms. The number of aliphatic hydroxyl groups excluding tert-OH is 1. The van der Waals surface area contributed by atoms with Gasteiger partial charge in [-0.2, -0.15) is 0 Å². The minimum absolute atomic E-state index is 0.0381. The zero-order valence-corrected chi connectivity index (χ0v) is 23.8. The summed E-state index contributed by atoms with van der Waals surface area (Å²) < 4.78 is 7.34. The molecule has 1 aliphatic heterocycles. The molecule has 2 heterocycles. The number of halogens is 1. The number of benzene rings is 2. The molecule has 0 radical (unpaired) electrons. The van der Waals surface area contributed by atoms with Gasteiger partial charge < -0.3 is 31.1 Å². The Hall–Kier alpha value is -4.49. The number of nitrogens with zero attached hydrogens (tertiary/aromatic N) is 3. The Balaban J connectivity index is 1.62. The van der Waals surface area contributed by atoms with Gasteiger partial charge in [0.15, 0.2) is 0 Å². The third-order valence-corrected chi connectivity index (χ3v) is 6.75. The molecule has 0 fully saturated rings. The summed E-state index contributed by atoms with van der Waals surface area (Å²) in [5.41, 5.74) is 1.36. The Morgan fingerprint density at radius 2 is 1.81 bits per heavy atom. The summed E-state index contributed by atoms with van der Waals surface area (Å²) in [6.07, 6.45) is 0.471. The van der Waals surface area contributed by atoms with E-state index >= 15 is 0 Å². The molecule has 5 N–H and O–H groups in total. The number of rotatable bonds is 3. The molecule has 42 heavy (non-hydrogen) atoms. The Kier molecular flexibility index (Phi) is 10.1. The summed E-state index contributed by atoms with van der Waals surface area (Å²) in [6, 6.07) is 10.0. The van der Waals surface area contributed by atoms with Gasteiger partial charge in [-0.15, -0.1) is 5.10 Å². The summed E-state index contributed by atoms with van der Waals surface area (Å²) in [5.74, 6) is -2.40. The van der Waals surface area contributed by atoms with Crippen LogP contribution in [0.5, 0.6) is 5.75 Å². The lowest BCUT2D eigenvalue weighted by molar-refractivity contribution is -0.134. The van der Waals surface area contributed by atoms with E-state index in [9.17, 15) is 24.3 Å². The summed E-state index contributed by atoms with van der Waals surface area (Å²) in [5, 5.41) is 29.2. The molecule has 0 aliphatic carbocycles. The largest absolute Gasteiger partial charge is 0.491 e. The Labute approximate surface area is 247 Å². The summed E-state index contributed by atoms with van der Waals surface area (Å²) >= 11 is 6.12. The van der Waals surface area contributed by atoms with Crippen LogP contribution in [-0.2, 0) is 33.9 Å². The highest BCUT2D eigenvalue weighted by atomic mass is 35.5. The van der Waals surface area contributed by atoms with Crippen molar-refractivity contribution in [2.75, 3.05) is 6.61 Å². The topological polar surface area (TPSA) is 177 Å². The van der Waals surface area contributed by atoms with Crippen LogP contribution in [0.25, 0.3) is 0 Å². The van der Waals surface area contributed by atoms with Gasteiger partial charge in [-0.05, 0) is 37.6 Å². The lowest BCUT2D eigenvalue weighted by atomic mass is 10.0. The first kappa shape index (κ1) is 30.5. The molecule has 2 bridgehead atoms. The van der Waals surface area contributed by atoms with E-state index < -0.39 is 47.9 Å². The average Bonchev–Trinajstić information content (AvgIpc) is 3.42. The van der Waals surface area contributed by atoms with Crippen LogP contribution in [-0.4, -0.2) is 74.6 Å². The molecule has 4 atom stereocenters. The normalized spacial score (nSPS) is 21.5. The van der Waals surface area contributed by atoms with Crippen molar-refractivity contribution in [3.05, 3.63) is 76.6 Å². The molecule has 4 rings (SSSR count). The second-order valence-corrected chi connectivity index (χ2v) is 10.3. The van der Waals surface area contributed by atoms with Crippen LogP contribution in [0.1, 0.15) is 35.5 Å². The van der Waals surface area contributed by atoms with Gasteiger partial charge in [0, 0.05) is 11.4 Å². The number of hydrogen-bond donors (Lipinski definition) is 5. The number of ether oxygens (including phenoxy) is 1. The van der Waals surface area contributed by atoms with E-state index in [0.29, 0.717) is 5.69 Å². The molecule has 4 amide bonds. The molecule has 1 aliphatic rings. The number of carbonyl (C=O) groups excluding carboxylic acids is 4. The molecule has 0 saturated carbocycles. The van der Waals surface area contributed by atoms with Crippen molar-refractivity contribution in [3.63, 3.8) is 0 Å². The fraction of sp³-hybridized carbons (Fsp3) is 0.357.